The van der Waals surface area contributed by atoms with Crippen molar-refractivity contribution < 1.29 is 22.5 Å². The van der Waals surface area contributed by atoms with Crippen LogP contribution in [0.4, 0.5) is 15.8 Å². The second kappa shape index (κ2) is 8.52. The largest absolute Gasteiger partial charge is 0.367 e. The smallest absolute Gasteiger partial charge is 0.270 e. The summed E-state index contributed by atoms with van der Waals surface area (Å²) in [6.07, 6.45) is 0.929. The minimum Gasteiger partial charge on any atom is -0.367 e. The molecule has 166 valence electrons. The molecule has 2 unspecified atom stereocenters. The van der Waals surface area contributed by atoms with E-state index in [2.05, 4.69) is 0 Å². The molecule has 0 spiro atoms. The van der Waals surface area contributed by atoms with E-state index in [0.29, 0.717) is 31.9 Å². The fourth-order valence-electron chi connectivity index (χ4n) is 4.16. The van der Waals surface area contributed by atoms with Gasteiger partial charge in [-0.05, 0) is 43.5 Å². The van der Waals surface area contributed by atoms with E-state index in [-0.39, 0.29) is 28.6 Å². The molecule has 2 aromatic rings. The number of sulfonamides is 1. The van der Waals surface area contributed by atoms with E-state index in [9.17, 15) is 22.9 Å². The summed E-state index contributed by atoms with van der Waals surface area (Å²) in [5.74, 6) is -0.348. The number of rotatable bonds is 5. The van der Waals surface area contributed by atoms with Gasteiger partial charge in [-0.1, -0.05) is 12.1 Å². The molecule has 31 heavy (non-hydrogen) atoms. The Kier molecular flexibility index (Phi) is 5.96. The minimum atomic E-state index is -3.88. The molecule has 2 saturated heterocycles. The predicted molar refractivity (Wildman–Crippen MR) is 113 cm³/mol. The number of benzene rings is 2. The van der Waals surface area contributed by atoms with Crippen molar-refractivity contribution in [2.45, 2.75) is 36.9 Å². The molecule has 0 amide bonds. The highest BCUT2D eigenvalue weighted by atomic mass is 32.2. The van der Waals surface area contributed by atoms with Gasteiger partial charge >= 0.3 is 0 Å². The molecule has 0 N–H and O–H groups in total. The maximum absolute atomic E-state index is 13.3. The van der Waals surface area contributed by atoms with Gasteiger partial charge < -0.3 is 9.64 Å². The average molecular weight is 450 g/mol. The number of hydrogen-bond acceptors (Lipinski definition) is 6. The number of non-ortho nitro benzene ring substituents is 1. The van der Waals surface area contributed by atoms with Gasteiger partial charge in [0.05, 0.1) is 16.7 Å². The molecular formula is C21H24FN3O5S. The van der Waals surface area contributed by atoms with Crippen LogP contribution in [0.1, 0.15) is 31.4 Å². The fourth-order valence-corrected chi connectivity index (χ4v) is 5.91. The van der Waals surface area contributed by atoms with Crippen LogP contribution in [0.15, 0.2) is 47.4 Å². The predicted octanol–water partition coefficient (Wildman–Crippen LogP) is 3.48. The molecular weight excluding hydrogens is 425 g/mol. The summed E-state index contributed by atoms with van der Waals surface area (Å²) < 4.78 is 47.4. The number of nitro groups is 1. The van der Waals surface area contributed by atoms with Crippen molar-refractivity contribution in [3.8, 4) is 0 Å². The molecule has 0 aromatic heterocycles. The summed E-state index contributed by atoms with van der Waals surface area (Å²) in [6.45, 7) is 3.46. The van der Waals surface area contributed by atoms with Crippen molar-refractivity contribution in [3.05, 3.63) is 64.0 Å². The van der Waals surface area contributed by atoms with Crippen molar-refractivity contribution in [2.24, 2.45) is 0 Å². The maximum atomic E-state index is 13.3. The van der Waals surface area contributed by atoms with Crippen LogP contribution in [0.25, 0.3) is 0 Å². The van der Waals surface area contributed by atoms with E-state index in [0.717, 1.165) is 24.5 Å². The number of nitrogens with zero attached hydrogens (tertiary/aromatic N) is 3. The molecule has 0 aliphatic carbocycles. The zero-order valence-corrected chi connectivity index (χ0v) is 17.9. The lowest BCUT2D eigenvalue weighted by atomic mass is 10.1. The van der Waals surface area contributed by atoms with E-state index < -0.39 is 14.9 Å². The third-order valence-electron chi connectivity index (χ3n) is 5.68. The van der Waals surface area contributed by atoms with Crippen molar-refractivity contribution >= 4 is 21.4 Å². The lowest BCUT2D eigenvalue weighted by molar-refractivity contribution is -0.385. The van der Waals surface area contributed by atoms with Crippen LogP contribution in [-0.2, 0) is 14.8 Å². The lowest BCUT2D eigenvalue weighted by Crippen LogP contribution is -2.43. The topological polar surface area (TPSA) is 93.0 Å². The summed E-state index contributed by atoms with van der Waals surface area (Å²) in [4.78, 5) is 12.6. The lowest BCUT2D eigenvalue weighted by Gasteiger charge is -2.39. The molecule has 4 rings (SSSR count). The van der Waals surface area contributed by atoms with E-state index in [1.54, 1.807) is 12.1 Å². The molecule has 2 aliphatic rings. The Bertz CT molecular complexity index is 1070. The molecule has 10 heteroatoms. The summed E-state index contributed by atoms with van der Waals surface area (Å²) in [5.41, 5.74) is 0.932. The quantitative estimate of drug-likeness (QED) is 0.513. The minimum absolute atomic E-state index is 0.0597. The first-order valence-corrected chi connectivity index (χ1v) is 11.6. The monoisotopic (exact) mass is 449 g/mol. The first-order chi connectivity index (χ1) is 14.8. The van der Waals surface area contributed by atoms with Crippen molar-refractivity contribution in [1.82, 2.24) is 4.31 Å². The Morgan fingerprint density at radius 3 is 2.42 bits per heavy atom. The molecule has 0 bridgehead atoms. The molecule has 2 aromatic carbocycles. The van der Waals surface area contributed by atoms with Crippen LogP contribution in [-0.4, -0.2) is 49.9 Å². The van der Waals surface area contributed by atoms with Crippen molar-refractivity contribution in [3.63, 3.8) is 0 Å². The summed E-state index contributed by atoms with van der Waals surface area (Å²) >= 11 is 0. The summed E-state index contributed by atoms with van der Waals surface area (Å²) in [6, 6.07) is 9.99. The van der Waals surface area contributed by atoms with Crippen LogP contribution in [0.2, 0.25) is 0 Å². The third-order valence-corrected chi connectivity index (χ3v) is 7.61. The van der Waals surface area contributed by atoms with Crippen LogP contribution in [0, 0.1) is 15.9 Å². The standard InChI is InChI=1S/C21H24FN3O5S/c1-15-13-23(14-20(30-15)16-4-6-17(22)7-5-16)19-9-8-18(25(26)27)12-21(19)31(28,29)24-10-2-3-11-24/h4-9,12,15,20H,2-3,10-11,13-14H2,1H3. The average Bonchev–Trinajstić information content (AvgIpc) is 3.29. The van der Waals surface area contributed by atoms with Crippen molar-refractivity contribution in [1.29, 1.82) is 0 Å². The second-order valence-electron chi connectivity index (χ2n) is 7.91. The Labute approximate surface area is 180 Å². The van der Waals surface area contributed by atoms with Gasteiger partial charge in [0.15, 0.2) is 0 Å². The van der Waals surface area contributed by atoms with E-state index in [1.165, 1.54) is 28.6 Å². The molecule has 0 radical (unpaired) electrons. The Hall–Kier alpha value is -2.56. The number of morpholine rings is 1. The molecule has 2 fully saturated rings. The second-order valence-corrected chi connectivity index (χ2v) is 9.82. The molecule has 2 heterocycles. The van der Waals surface area contributed by atoms with Gasteiger partial charge in [0.1, 0.15) is 16.8 Å². The number of anilines is 1. The molecule has 0 saturated carbocycles. The van der Waals surface area contributed by atoms with Crippen LogP contribution < -0.4 is 4.90 Å². The molecule has 2 aliphatic heterocycles. The fraction of sp³-hybridized carbons (Fsp3) is 0.429. The highest BCUT2D eigenvalue weighted by Crippen LogP contribution is 2.36. The van der Waals surface area contributed by atoms with Crippen LogP contribution >= 0.6 is 0 Å². The van der Waals surface area contributed by atoms with Gasteiger partial charge in [0, 0.05) is 38.3 Å². The highest BCUT2D eigenvalue weighted by molar-refractivity contribution is 7.89. The van der Waals surface area contributed by atoms with Gasteiger partial charge in [0.25, 0.3) is 5.69 Å². The van der Waals surface area contributed by atoms with Gasteiger partial charge in [0.2, 0.25) is 10.0 Å². The van der Waals surface area contributed by atoms with Crippen LogP contribution in [0.5, 0.6) is 0 Å². The Morgan fingerprint density at radius 1 is 1.10 bits per heavy atom. The summed E-state index contributed by atoms with van der Waals surface area (Å²) in [7, 11) is -3.88. The Balaban J connectivity index is 1.73. The van der Waals surface area contributed by atoms with Gasteiger partial charge in [-0.15, -0.1) is 0 Å². The third kappa shape index (κ3) is 4.41. The van der Waals surface area contributed by atoms with E-state index in [1.807, 2.05) is 11.8 Å². The number of ether oxygens (including phenoxy) is 1. The van der Waals surface area contributed by atoms with E-state index >= 15 is 0 Å². The Morgan fingerprint density at radius 2 is 1.77 bits per heavy atom. The normalized spacial score (nSPS) is 22.6. The molecule has 8 nitrogen and oxygen atoms in total. The van der Waals surface area contributed by atoms with E-state index in [4.69, 9.17) is 4.74 Å². The van der Waals surface area contributed by atoms with Crippen molar-refractivity contribution in [2.75, 3.05) is 31.1 Å². The van der Waals surface area contributed by atoms with Gasteiger partial charge in [-0.2, -0.15) is 4.31 Å². The zero-order valence-electron chi connectivity index (χ0n) is 17.1. The zero-order chi connectivity index (χ0) is 22.2. The maximum Gasteiger partial charge on any atom is 0.270 e. The number of hydrogen-bond donors (Lipinski definition) is 0. The summed E-state index contributed by atoms with van der Waals surface area (Å²) in [5, 5.41) is 11.3. The highest BCUT2D eigenvalue weighted by Gasteiger charge is 2.35. The molecule has 2 atom stereocenters. The first kappa shape index (κ1) is 21.7. The van der Waals surface area contributed by atoms with Gasteiger partial charge in [-0.3, -0.25) is 10.1 Å². The van der Waals surface area contributed by atoms with Gasteiger partial charge in [-0.25, -0.2) is 12.8 Å². The number of nitro benzene ring substituents is 1. The van der Waals surface area contributed by atoms with Crippen LogP contribution in [0.3, 0.4) is 0 Å². The first-order valence-electron chi connectivity index (χ1n) is 10.2. The SMILES string of the molecule is CC1CN(c2ccc([N+](=O)[O-])cc2S(=O)(=O)N2CCCC2)CC(c2ccc(F)cc2)O1. The number of halogens is 1.